The molecule has 1 fully saturated rings. The van der Waals surface area contributed by atoms with E-state index in [1.807, 2.05) is 30.3 Å². The molecule has 25 heavy (non-hydrogen) atoms. The number of amides is 1. The normalized spacial score (nSPS) is 14.9. The molecule has 0 unspecified atom stereocenters. The van der Waals surface area contributed by atoms with Crippen LogP contribution in [0.4, 0.5) is 11.4 Å². The van der Waals surface area contributed by atoms with Crippen molar-refractivity contribution in [3.63, 3.8) is 0 Å². The van der Waals surface area contributed by atoms with Crippen LogP contribution in [0.3, 0.4) is 0 Å². The number of nitrogens with one attached hydrogen (secondary N) is 2. The van der Waals surface area contributed by atoms with E-state index in [0.717, 1.165) is 44.2 Å². The molecule has 0 radical (unpaired) electrons. The van der Waals surface area contributed by atoms with Crippen LogP contribution in [-0.2, 0) is 4.74 Å². The van der Waals surface area contributed by atoms with Crippen molar-refractivity contribution in [2.45, 2.75) is 0 Å². The van der Waals surface area contributed by atoms with Gasteiger partial charge in [-0.25, -0.2) is 4.98 Å². The molecule has 1 aromatic carbocycles. The van der Waals surface area contributed by atoms with Crippen molar-refractivity contribution in [1.29, 1.82) is 0 Å². The number of hydrogen-bond acceptors (Lipinski definition) is 5. The Morgan fingerprint density at radius 1 is 1.12 bits per heavy atom. The van der Waals surface area contributed by atoms with E-state index in [0.29, 0.717) is 17.3 Å². The van der Waals surface area contributed by atoms with Gasteiger partial charge in [0.15, 0.2) is 0 Å². The van der Waals surface area contributed by atoms with E-state index in [1.165, 1.54) is 0 Å². The van der Waals surface area contributed by atoms with Crippen molar-refractivity contribution >= 4 is 28.9 Å². The number of carbonyl (C=O) groups excluding carboxylic acids is 1. The number of nitrogens with zero attached hydrogens (tertiary/aromatic N) is 2. The van der Waals surface area contributed by atoms with Crippen LogP contribution in [0.25, 0.3) is 0 Å². The number of anilines is 2. The van der Waals surface area contributed by atoms with Crippen LogP contribution in [0.5, 0.6) is 0 Å². The molecule has 0 spiro atoms. The van der Waals surface area contributed by atoms with Gasteiger partial charge in [0.1, 0.15) is 5.69 Å². The number of carbonyl (C=O) groups is 1. The van der Waals surface area contributed by atoms with Gasteiger partial charge in [-0.1, -0.05) is 11.6 Å². The molecular weight excluding hydrogens is 340 g/mol. The van der Waals surface area contributed by atoms with Gasteiger partial charge in [-0.05, 0) is 36.4 Å². The molecule has 0 atom stereocenters. The van der Waals surface area contributed by atoms with E-state index in [2.05, 4.69) is 20.5 Å². The molecule has 1 aliphatic rings. The Bertz CT molecular complexity index is 685. The maximum Gasteiger partial charge on any atom is 0.269 e. The SMILES string of the molecule is O=C(NCCN1CCOCC1)c1ccc(Nc2ccc(Cl)cc2)cn1. The Morgan fingerprint density at radius 3 is 2.52 bits per heavy atom. The zero-order chi connectivity index (χ0) is 17.5. The minimum atomic E-state index is -0.161. The van der Waals surface area contributed by atoms with Crippen LogP contribution in [0.2, 0.25) is 5.02 Å². The van der Waals surface area contributed by atoms with E-state index in [-0.39, 0.29) is 5.91 Å². The monoisotopic (exact) mass is 360 g/mol. The van der Waals surface area contributed by atoms with Gasteiger partial charge in [0.2, 0.25) is 0 Å². The number of pyridine rings is 1. The summed E-state index contributed by atoms with van der Waals surface area (Å²) in [5.74, 6) is -0.161. The minimum Gasteiger partial charge on any atom is -0.379 e. The van der Waals surface area contributed by atoms with Crippen molar-refractivity contribution in [2.75, 3.05) is 44.7 Å². The molecule has 132 valence electrons. The van der Waals surface area contributed by atoms with Crippen molar-refractivity contribution in [2.24, 2.45) is 0 Å². The van der Waals surface area contributed by atoms with Crippen molar-refractivity contribution in [1.82, 2.24) is 15.2 Å². The molecule has 2 N–H and O–H groups in total. The van der Waals surface area contributed by atoms with Crippen LogP contribution >= 0.6 is 11.6 Å². The Balaban J connectivity index is 1.47. The van der Waals surface area contributed by atoms with Gasteiger partial charge < -0.3 is 15.4 Å². The lowest BCUT2D eigenvalue weighted by Crippen LogP contribution is -2.41. The van der Waals surface area contributed by atoms with Gasteiger partial charge in [-0.3, -0.25) is 9.69 Å². The first-order chi connectivity index (χ1) is 12.2. The summed E-state index contributed by atoms with van der Waals surface area (Å²) < 4.78 is 5.30. The lowest BCUT2D eigenvalue weighted by atomic mass is 10.3. The van der Waals surface area contributed by atoms with Crippen LogP contribution in [0.1, 0.15) is 10.5 Å². The highest BCUT2D eigenvalue weighted by Crippen LogP contribution is 2.18. The Kier molecular flexibility index (Phi) is 6.22. The summed E-state index contributed by atoms with van der Waals surface area (Å²) in [4.78, 5) is 18.6. The highest BCUT2D eigenvalue weighted by molar-refractivity contribution is 6.30. The number of halogens is 1. The first-order valence-electron chi connectivity index (χ1n) is 8.28. The smallest absolute Gasteiger partial charge is 0.269 e. The topological polar surface area (TPSA) is 66.5 Å². The molecule has 0 aliphatic carbocycles. The van der Waals surface area contributed by atoms with Crippen molar-refractivity contribution in [3.05, 3.63) is 53.3 Å². The molecule has 2 aromatic rings. The maximum absolute atomic E-state index is 12.1. The van der Waals surface area contributed by atoms with E-state index in [1.54, 1.807) is 12.3 Å². The molecule has 0 bridgehead atoms. The fraction of sp³-hybridized carbons (Fsp3) is 0.333. The summed E-state index contributed by atoms with van der Waals surface area (Å²) in [6, 6.07) is 10.9. The van der Waals surface area contributed by atoms with E-state index >= 15 is 0 Å². The highest BCUT2D eigenvalue weighted by atomic mass is 35.5. The fourth-order valence-corrected chi connectivity index (χ4v) is 2.67. The second-order valence-electron chi connectivity index (χ2n) is 5.77. The first kappa shape index (κ1) is 17.7. The van der Waals surface area contributed by atoms with Crippen molar-refractivity contribution in [3.8, 4) is 0 Å². The zero-order valence-electron chi connectivity index (χ0n) is 13.9. The number of benzene rings is 1. The molecule has 1 aliphatic heterocycles. The summed E-state index contributed by atoms with van der Waals surface area (Å²) in [5.41, 5.74) is 2.13. The summed E-state index contributed by atoms with van der Waals surface area (Å²) in [5, 5.41) is 6.80. The zero-order valence-corrected chi connectivity index (χ0v) is 14.6. The van der Waals surface area contributed by atoms with E-state index in [4.69, 9.17) is 16.3 Å². The molecule has 0 saturated carbocycles. The van der Waals surface area contributed by atoms with Crippen molar-refractivity contribution < 1.29 is 9.53 Å². The number of rotatable bonds is 6. The van der Waals surface area contributed by atoms with Crippen LogP contribution in [-0.4, -0.2) is 55.2 Å². The Labute approximate surface area is 152 Å². The second-order valence-corrected chi connectivity index (χ2v) is 6.21. The highest BCUT2D eigenvalue weighted by Gasteiger charge is 2.11. The molecule has 6 nitrogen and oxygen atoms in total. The average Bonchev–Trinajstić information content (AvgIpc) is 2.65. The number of aromatic nitrogens is 1. The molecule has 7 heteroatoms. The predicted molar refractivity (Wildman–Crippen MR) is 98.6 cm³/mol. The summed E-state index contributed by atoms with van der Waals surface area (Å²) in [7, 11) is 0. The Morgan fingerprint density at radius 2 is 1.84 bits per heavy atom. The quantitative estimate of drug-likeness (QED) is 0.828. The molecule has 1 aromatic heterocycles. The van der Waals surface area contributed by atoms with Crippen LogP contribution in [0.15, 0.2) is 42.6 Å². The summed E-state index contributed by atoms with van der Waals surface area (Å²) in [6.07, 6.45) is 1.64. The van der Waals surface area contributed by atoms with Gasteiger partial charge >= 0.3 is 0 Å². The molecular formula is C18H21ClN4O2. The molecule has 2 heterocycles. The van der Waals surface area contributed by atoms with Crippen LogP contribution < -0.4 is 10.6 Å². The maximum atomic E-state index is 12.1. The predicted octanol–water partition coefficient (Wildman–Crippen LogP) is 2.54. The van der Waals surface area contributed by atoms with Gasteiger partial charge in [0.25, 0.3) is 5.91 Å². The minimum absolute atomic E-state index is 0.161. The molecule has 3 rings (SSSR count). The Hall–Kier alpha value is -2.15. The summed E-state index contributed by atoms with van der Waals surface area (Å²) in [6.45, 7) is 4.78. The third-order valence-electron chi connectivity index (χ3n) is 3.95. The molecule has 1 amide bonds. The number of ether oxygens (including phenoxy) is 1. The molecule has 1 saturated heterocycles. The lowest BCUT2D eigenvalue weighted by molar-refractivity contribution is 0.0383. The fourth-order valence-electron chi connectivity index (χ4n) is 2.54. The third kappa shape index (κ3) is 5.42. The van der Waals surface area contributed by atoms with E-state index in [9.17, 15) is 4.79 Å². The van der Waals surface area contributed by atoms with Gasteiger partial charge in [0, 0.05) is 36.9 Å². The average molecular weight is 361 g/mol. The largest absolute Gasteiger partial charge is 0.379 e. The van der Waals surface area contributed by atoms with Gasteiger partial charge in [-0.2, -0.15) is 0 Å². The standard InChI is InChI=1S/C18H21ClN4O2/c19-14-1-3-15(4-2-14)22-16-5-6-17(21-13-16)18(24)20-7-8-23-9-11-25-12-10-23/h1-6,13,22H,7-12H2,(H,20,24). The van der Waals surface area contributed by atoms with E-state index < -0.39 is 0 Å². The first-order valence-corrected chi connectivity index (χ1v) is 8.65. The van der Waals surface area contributed by atoms with Crippen LogP contribution in [0, 0.1) is 0 Å². The number of morpholine rings is 1. The lowest BCUT2D eigenvalue weighted by Gasteiger charge is -2.26. The third-order valence-corrected chi connectivity index (χ3v) is 4.20. The van der Waals surface area contributed by atoms with Gasteiger partial charge in [-0.15, -0.1) is 0 Å². The number of hydrogen-bond donors (Lipinski definition) is 2. The van der Waals surface area contributed by atoms with Gasteiger partial charge in [0.05, 0.1) is 25.1 Å². The summed E-state index contributed by atoms with van der Waals surface area (Å²) >= 11 is 5.87. The second kappa shape index (κ2) is 8.80.